The van der Waals surface area contributed by atoms with Crippen LogP contribution in [0.3, 0.4) is 0 Å². The van der Waals surface area contributed by atoms with Gasteiger partial charge in [-0.15, -0.1) is 0 Å². The SMILES string of the molecule is C=CCOC(=O)NC1CCCn2nc(C(=O)O)cc21. The standard InChI is InChI=1S/C12H15N3O4/c1-2-6-19-12(18)13-8-4-3-5-15-10(8)7-9(14-15)11(16)17/h2,7-8H,1,3-6H2,(H,13,18)(H,16,17). The molecule has 1 aliphatic heterocycles. The van der Waals surface area contributed by atoms with E-state index in [1.807, 2.05) is 0 Å². The number of rotatable bonds is 4. The van der Waals surface area contributed by atoms with Gasteiger partial charge in [0.1, 0.15) is 6.61 Å². The first-order valence-electron chi connectivity index (χ1n) is 5.97. The Morgan fingerprint density at radius 2 is 2.47 bits per heavy atom. The first kappa shape index (κ1) is 13.1. The average molecular weight is 265 g/mol. The lowest BCUT2D eigenvalue weighted by atomic mass is 10.0. The van der Waals surface area contributed by atoms with Crippen LogP contribution in [0.15, 0.2) is 18.7 Å². The summed E-state index contributed by atoms with van der Waals surface area (Å²) >= 11 is 0. The van der Waals surface area contributed by atoms with Gasteiger partial charge in [-0.3, -0.25) is 4.68 Å². The normalized spacial score (nSPS) is 17.4. The molecule has 1 amide bonds. The van der Waals surface area contributed by atoms with E-state index in [0.29, 0.717) is 12.2 Å². The molecule has 1 aromatic heterocycles. The van der Waals surface area contributed by atoms with Crippen LogP contribution in [0, 0.1) is 0 Å². The summed E-state index contributed by atoms with van der Waals surface area (Å²) in [5.41, 5.74) is 0.683. The third-order valence-corrected chi connectivity index (χ3v) is 2.87. The lowest BCUT2D eigenvalue weighted by Crippen LogP contribution is -2.33. The van der Waals surface area contributed by atoms with Crippen molar-refractivity contribution in [1.29, 1.82) is 0 Å². The number of aromatic nitrogens is 2. The Morgan fingerprint density at radius 3 is 3.16 bits per heavy atom. The number of carbonyl (C=O) groups excluding carboxylic acids is 1. The van der Waals surface area contributed by atoms with Crippen LogP contribution >= 0.6 is 0 Å². The molecule has 102 valence electrons. The zero-order chi connectivity index (χ0) is 13.8. The van der Waals surface area contributed by atoms with Gasteiger partial charge in [-0.25, -0.2) is 9.59 Å². The number of carbonyl (C=O) groups is 2. The molecule has 7 heteroatoms. The maximum Gasteiger partial charge on any atom is 0.407 e. The molecule has 1 atom stereocenters. The number of hydrogen-bond donors (Lipinski definition) is 2. The summed E-state index contributed by atoms with van der Waals surface area (Å²) in [6.45, 7) is 4.25. The van der Waals surface area contributed by atoms with Gasteiger partial charge in [0.25, 0.3) is 0 Å². The van der Waals surface area contributed by atoms with Crippen molar-refractivity contribution in [3.8, 4) is 0 Å². The number of alkyl carbamates (subject to hydrolysis) is 1. The van der Waals surface area contributed by atoms with E-state index < -0.39 is 12.1 Å². The topological polar surface area (TPSA) is 93.5 Å². The molecule has 1 unspecified atom stereocenters. The van der Waals surface area contributed by atoms with Gasteiger partial charge in [0.15, 0.2) is 5.69 Å². The molecule has 2 N–H and O–H groups in total. The quantitative estimate of drug-likeness (QED) is 0.801. The van der Waals surface area contributed by atoms with Crippen molar-refractivity contribution in [2.45, 2.75) is 25.4 Å². The van der Waals surface area contributed by atoms with Crippen molar-refractivity contribution in [2.75, 3.05) is 6.61 Å². The first-order valence-corrected chi connectivity index (χ1v) is 5.97. The minimum absolute atomic E-state index is 0.0110. The first-order chi connectivity index (χ1) is 9.11. The zero-order valence-electron chi connectivity index (χ0n) is 10.3. The number of nitrogens with zero attached hydrogens (tertiary/aromatic N) is 2. The Hall–Kier alpha value is -2.31. The Kier molecular flexibility index (Phi) is 3.84. The molecule has 0 radical (unpaired) electrons. The molecule has 0 aliphatic carbocycles. The maximum atomic E-state index is 11.5. The predicted octanol–water partition coefficient (Wildman–Crippen LogP) is 1.33. The Morgan fingerprint density at radius 1 is 1.68 bits per heavy atom. The van der Waals surface area contributed by atoms with E-state index >= 15 is 0 Å². The fourth-order valence-corrected chi connectivity index (χ4v) is 2.05. The highest BCUT2D eigenvalue weighted by Gasteiger charge is 2.25. The average Bonchev–Trinajstić information content (AvgIpc) is 2.81. The van der Waals surface area contributed by atoms with Crippen molar-refractivity contribution in [1.82, 2.24) is 15.1 Å². The van der Waals surface area contributed by atoms with Gasteiger partial charge in [-0.2, -0.15) is 5.10 Å². The molecule has 7 nitrogen and oxygen atoms in total. The van der Waals surface area contributed by atoms with E-state index in [2.05, 4.69) is 17.0 Å². The number of nitrogens with one attached hydrogen (secondary N) is 1. The van der Waals surface area contributed by atoms with Crippen molar-refractivity contribution in [3.63, 3.8) is 0 Å². The van der Waals surface area contributed by atoms with Crippen LogP contribution in [-0.2, 0) is 11.3 Å². The molecule has 2 heterocycles. The molecule has 1 aromatic rings. The number of aromatic carboxylic acids is 1. The van der Waals surface area contributed by atoms with E-state index in [4.69, 9.17) is 9.84 Å². The minimum atomic E-state index is -1.07. The molecule has 0 saturated carbocycles. The van der Waals surface area contributed by atoms with Gasteiger partial charge in [0.2, 0.25) is 0 Å². The van der Waals surface area contributed by atoms with Gasteiger partial charge in [-0.1, -0.05) is 12.7 Å². The van der Waals surface area contributed by atoms with Crippen LogP contribution in [0.2, 0.25) is 0 Å². The molecule has 0 fully saturated rings. The van der Waals surface area contributed by atoms with Crippen molar-refractivity contribution >= 4 is 12.1 Å². The molecule has 0 aromatic carbocycles. The van der Waals surface area contributed by atoms with Gasteiger partial charge in [-0.05, 0) is 18.9 Å². The molecule has 0 spiro atoms. The molecular weight excluding hydrogens is 250 g/mol. The maximum absolute atomic E-state index is 11.5. The monoisotopic (exact) mass is 265 g/mol. The van der Waals surface area contributed by atoms with Crippen molar-refractivity contribution in [3.05, 3.63) is 30.1 Å². The van der Waals surface area contributed by atoms with E-state index in [1.165, 1.54) is 12.1 Å². The molecule has 0 bridgehead atoms. The van der Waals surface area contributed by atoms with E-state index in [0.717, 1.165) is 12.8 Å². The summed E-state index contributed by atoms with van der Waals surface area (Å²) in [5, 5.41) is 15.6. The van der Waals surface area contributed by atoms with Crippen LogP contribution in [0.5, 0.6) is 0 Å². The lowest BCUT2D eigenvalue weighted by molar-refractivity contribution is 0.0689. The lowest BCUT2D eigenvalue weighted by Gasteiger charge is -2.23. The van der Waals surface area contributed by atoms with Crippen molar-refractivity contribution < 1.29 is 19.4 Å². The van der Waals surface area contributed by atoms with E-state index in [9.17, 15) is 9.59 Å². The van der Waals surface area contributed by atoms with Crippen LogP contribution in [0.1, 0.15) is 35.1 Å². The third kappa shape index (κ3) is 2.93. The van der Waals surface area contributed by atoms with E-state index in [1.54, 1.807) is 4.68 Å². The Bertz CT molecular complexity index is 509. The van der Waals surface area contributed by atoms with Gasteiger partial charge >= 0.3 is 12.1 Å². The van der Waals surface area contributed by atoms with Crippen LogP contribution in [0.4, 0.5) is 4.79 Å². The molecule has 0 saturated heterocycles. The number of ether oxygens (including phenoxy) is 1. The fourth-order valence-electron chi connectivity index (χ4n) is 2.05. The summed E-state index contributed by atoms with van der Waals surface area (Å²) in [6, 6.07) is 1.21. The number of aryl methyl sites for hydroxylation is 1. The number of carboxylic acid groups (broad SMARTS) is 1. The highest BCUT2D eigenvalue weighted by Crippen LogP contribution is 2.25. The Labute approximate surface area is 109 Å². The van der Waals surface area contributed by atoms with Gasteiger partial charge in [0, 0.05) is 6.54 Å². The second kappa shape index (κ2) is 5.55. The molecule has 1 aliphatic rings. The van der Waals surface area contributed by atoms with Crippen LogP contribution in [-0.4, -0.2) is 33.6 Å². The summed E-state index contributed by atoms with van der Waals surface area (Å²) in [4.78, 5) is 22.4. The predicted molar refractivity (Wildman–Crippen MR) is 65.8 cm³/mol. The Balaban J connectivity index is 2.10. The molecular formula is C12H15N3O4. The largest absolute Gasteiger partial charge is 0.476 e. The van der Waals surface area contributed by atoms with Gasteiger partial charge in [0.05, 0.1) is 11.7 Å². The summed E-state index contributed by atoms with van der Waals surface area (Å²) in [5.74, 6) is -1.07. The summed E-state index contributed by atoms with van der Waals surface area (Å²) in [7, 11) is 0. The fraction of sp³-hybridized carbons (Fsp3) is 0.417. The summed E-state index contributed by atoms with van der Waals surface area (Å²) < 4.78 is 6.47. The smallest absolute Gasteiger partial charge is 0.407 e. The number of carboxylic acids is 1. The van der Waals surface area contributed by atoms with Crippen LogP contribution < -0.4 is 5.32 Å². The van der Waals surface area contributed by atoms with Crippen LogP contribution in [0.25, 0.3) is 0 Å². The zero-order valence-corrected chi connectivity index (χ0v) is 10.3. The number of fused-ring (bicyclic) bond motifs is 1. The second-order valence-electron chi connectivity index (χ2n) is 4.21. The van der Waals surface area contributed by atoms with E-state index in [-0.39, 0.29) is 18.3 Å². The van der Waals surface area contributed by atoms with Crippen molar-refractivity contribution in [2.24, 2.45) is 0 Å². The van der Waals surface area contributed by atoms with Gasteiger partial charge < -0.3 is 15.2 Å². The second-order valence-corrected chi connectivity index (χ2v) is 4.21. The third-order valence-electron chi connectivity index (χ3n) is 2.87. The molecule has 19 heavy (non-hydrogen) atoms. The minimum Gasteiger partial charge on any atom is -0.476 e. The number of hydrogen-bond acceptors (Lipinski definition) is 4. The number of amides is 1. The summed E-state index contributed by atoms with van der Waals surface area (Å²) in [6.07, 6.45) is 2.48. The highest BCUT2D eigenvalue weighted by molar-refractivity contribution is 5.85. The molecule has 2 rings (SSSR count). The highest BCUT2D eigenvalue weighted by atomic mass is 16.5.